The summed E-state index contributed by atoms with van der Waals surface area (Å²) in [4.78, 5) is 21.3. The lowest BCUT2D eigenvalue weighted by atomic mass is 10.2. The highest BCUT2D eigenvalue weighted by Crippen LogP contribution is 2.20. The summed E-state index contributed by atoms with van der Waals surface area (Å²) in [5.41, 5.74) is 2.10. The number of ether oxygens (including phenoxy) is 1. The number of urea groups is 1. The van der Waals surface area contributed by atoms with Gasteiger partial charge in [0.1, 0.15) is 5.82 Å². The summed E-state index contributed by atoms with van der Waals surface area (Å²) in [6.07, 6.45) is 2.56. The fourth-order valence-corrected chi connectivity index (χ4v) is 3.40. The largest absolute Gasteiger partial charge is 0.375 e. The standard InChI is InChI=1S/C18H28N4O2/c1-13-8-16(9-17(20-13)21-6-4-5-7-21)10-19-18(23)22-11-15(3)24-12-14(22)2/h8-9,14-15H,4-7,10-12H2,1-3H3,(H,19,23). The number of anilines is 1. The normalized spacial score (nSPS) is 24.3. The van der Waals surface area contributed by atoms with Crippen molar-refractivity contribution >= 4 is 11.8 Å². The summed E-state index contributed by atoms with van der Waals surface area (Å²) in [5, 5.41) is 3.05. The topological polar surface area (TPSA) is 57.7 Å². The van der Waals surface area contributed by atoms with Crippen LogP contribution in [0.25, 0.3) is 0 Å². The molecule has 1 aromatic heterocycles. The summed E-state index contributed by atoms with van der Waals surface area (Å²) < 4.78 is 5.59. The molecule has 0 saturated carbocycles. The number of pyridine rings is 1. The van der Waals surface area contributed by atoms with E-state index in [2.05, 4.69) is 21.3 Å². The van der Waals surface area contributed by atoms with Crippen molar-refractivity contribution in [3.63, 3.8) is 0 Å². The highest BCUT2D eigenvalue weighted by Gasteiger charge is 2.27. The van der Waals surface area contributed by atoms with Crippen molar-refractivity contribution in [2.24, 2.45) is 0 Å². The van der Waals surface area contributed by atoms with Gasteiger partial charge in [-0.15, -0.1) is 0 Å². The summed E-state index contributed by atoms with van der Waals surface area (Å²) in [7, 11) is 0. The Balaban J connectivity index is 1.62. The van der Waals surface area contributed by atoms with Gasteiger partial charge < -0.3 is 19.9 Å². The highest BCUT2D eigenvalue weighted by atomic mass is 16.5. The van der Waals surface area contributed by atoms with Gasteiger partial charge in [-0.2, -0.15) is 0 Å². The Hall–Kier alpha value is -1.82. The summed E-state index contributed by atoms with van der Waals surface area (Å²) >= 11 is 0. The lowest BCUT2D eigenvalue weighted by Crippen LogP contribution is -2.53. The van der Waals surface area contributed by atoms with Crippen molar-refractivity contribution in [3.8, 4) is 0 Å². The Kier molecular flexibility index (Phi) is 5.23. The Morgan fingerprint density at radius 3 is 2.83 bits per heavy atom. The van der Waals surface area contributed by atoms with E-state index in [9.17, 15) is 4.79 Å². The smallest absolute Gasteiger partial charge is 0.318 e. The minimum Gasteiger partial charge on any atom is -0.375 e. The van der Waals surface area contributed by atoms with Crippen LogP contribution in [0.5, 0.6) is 0 Å². The molecule has 2 fully saturated rings. The van der Waals surface area contributed by atoms with Crippen LogP contribution in [0.3, 0.4) is 0 Å². The molecule has 0 spiro atoms. The van der Waals surface area contributed by atoms with Crippen molar-refractivity contribution in [2.45, 2.75) is 52.3 Å². The second kappa shape index (κ2) is 7.38. The van der Waals surface area contributed by atoms with E-state index < -0.39 is 0 Å². The predicted octanol–water partition coefficient (Wildman–Crippen LogP) is 2.31. The molecule has 2 aliphatic rings. The Morgan fingerprint density at radius 1 is 1.33 bits per heavy atom. The minimum atomic E-state index is -0.0187. The first-order valence-electron chi connectivity index (χ1n) is 8.91. The summed E-state index contributed by atoms with van der Waals surface area (Å²) in [6, 6.07) is 4.24. The summed E-state index contributed by atoms with van der Waals surface area (Å²) in [6.45, 7) is 9.95. The Labute approximate surface area is 144 Å². The molecule has 1 aromatic rings. The molecule has 2 aliphatic heterocycles. The summed E-state index contributed by atoms with van der Waals surface area (Å²) in [5.74, 6) is 1.03. The maximum Gasteiger partial charge on any atom is 0.318 e. The number of aromatic nitrogens is 1. The number of nitrogens with one attached hydrogen (secondary N) is 1. The van der Waals surface area contributed by atoms with E-state index in [-0.39, 0.29) is 18.2 Å². The molecule has 6 nitrogen and oxygen atoms in total. The van der Waals surface area contributed by atoms with Crippen LogP contribution in [0.15, 0.2) is 12.1 Å². The molecule has 0 aromatic carbocycles. The SMILES string of the molecule is Cc1cc(CNC(=O)N2CC(C)OCC2C)cc(N2CCCC2)n1. The van der Waals surface area contributed by atoms with E-state index in [1.807, 2.05) is 31.7 Å². The van der Waals surface area contributed by atoms with Crippen molar-refractivity contribution in [1.82, 2.24) is 15.2 Å². The van der Waals surface area contributed by atoms with E-state index >= 15 is 0 Å². The molecule has 0 aliphatic carbocycles. The van der Waals surface area contributed by atoms with E-state index in [0.717, 1.165) is 30.2 Å². The fourth-order valence-electron chi connectivity index (χ4n) is 3.40. The first kappa shape index (κ1) is 17.0. The molecule has 0 bridgehead atoms. The molecule has 2 saturated heterocycles. The monoisotopic (exact) mass is 332 g/mol. The molecule has 2 amide bonds. The number of rotatable bonds is 3. The van der Waals surface area contributed by atoms with Gasteiger partial charge in [-0.25, -0.2) is 9.78 Å². The quantitative estimate of drug-likeness (QED) is 0.923. The number of hydrogen-bond donors (Lipinski definition) is 1. The van der Waals surface area contributed by atoms with Gasteiger partial charge in [0.25, 0.3) is 0 Å². The van der Waals surface area contributed by atoms with E-state index in [0.29, 0.717) is 19.7 Å². The van der Waals surface area contributed by atoms with Crippen LogP contribution in [0.4, 0.5) is 10.6 Å². The van der Waals surface area contributed by atoms with Crippen molar-refractivity contribution in [2.75, 3.05) is 31.1 Å². The zero-order valence-corrected chi connectivity index (χ0v) is 14.9. The number of amides is 2. The van der Waals surface area contributed by atoms with Crippen LogP contribution < -0.4 is 10.2 Å². The third-order valence-corrected chi connectivity index (χ3v) is 4.74. The van der Waals surface area contributed by atoms with Crippen LogP contribution in [-0.2, 0) is 11.3 Å². The molecular weight excluding hydrogens is 304 g/mol. The predicted molar refractivity (Wildman–Crippen MR) is 94.2 cm³/mol. The average molecular weight is 332 g/mol. The molecular formula is C18H28N4O2. The van der Waals surface area contributed by atoms with Gasteiger partial charge in [-0.05, 0) is 51.3 Å². The number of nitrogens with zero attached hydrogens (tertiary/aromatic N) is 3. The molecule has 3 heterocycles. The maximum absolute atomic E-state index is 12.5. The van der Waals surface area contributed by atoms with E-state index in [1.165, 1.54) is 12.8 Å². The second-order valence-electron chi connectivity index (χ2n) is 6.97. The third-order valence-electron chi connectivity index (χ3n) is 4.74. The number of aryl methyl sites for hydroxylation is 1. The molecule has 24 heavy (non-hydrogen) atoms. The molecule has 132 valence electrons. The van der Waals surface area contributed by atoms with Gasteiger partial charge in [0, 0.05) is 31.9 Å². The zero-order valence-electron chi connectivity index (χ0n) is 14.9. The van der Waals surface area contributed by atoms with Gasteiger partial charge in [0.15, 0.2) is 0 Å². The zero-order chi connectivity index (χ0) is 17.1. The molecule has 6 heteroatoms. The van der Waals surface area contributed by atoms with Gasteiger partial charge in [0.05, 0.1) is 18.8 Å². The molecule has 2 unspecified atom stereocenters. The Morgan fingerprint density at radius 2 is 2.08 bits per heavy atom. The van der Waals surface area contributed by atoms with Crippen LogP contribution >= 0.6 is 0 Å². The van der Waals surface area contributed by atoms with Crippen LogP contribution in [0, 0.1) is 6.92 Å². The fraction of sp³-hybridized carbons (Fsp3) is 0.667. The van der Waals surface area contributed by atoms with E-state index in [4.69, 9.17) is 4.74 Å². The lowest BCUT2D eigenvalue weighted by molar-refractivity contribution is -0.0318. The molecule has 2 atom stereocenters. The van der Waals surface area contributed by atoms with Crippen molar-refractivity contribution in [3.05, 3.63) is 23.4 Å². The third kappa shape index (κ3) is 3.98. The molecule has 3 rings (SSSR count). The van der Waals surface area contributed by atoms with Crippen LogP contribution in [0.1, 0.15) is 37.9 Å². The Bertz CT molecular complexity index is 586. The number of hydrogen-bond acceptors (Lipinski definition) is 4. The van der Waals surface area contributed by atoms with Crippen LogP contribution in [-0.4, -0.2) is 54.3 Å². The number of morpholine rings is 1. The lowest BCUT2D eigenvalue weighted by Gasteiger charge is -2.36. The molecule has 0 radical (unpaired) electrons. The van der Waals surface area contributed by atoms with Gasteiger partial charge in [0.2, 0.25) is 0 Å². The number of carbonyl (C=O) groups is 1. The second-order valence-corrected chi connectivity index (χ2v) is 6.97. The first-order valence-corrected chi connectivity index (χ1v) is 8.91. The number of carbonyl (C=O) groups excluding carboxylic acids is 1. The first-order chi connectivity index (χ1) is 11.5. The van der Waals surface area contributed by atoms with Crippen molar-refractivity contribution in [1.29, 1.82) is 0 Å². The maximum atomic E-state index is 12.5. The van der Waals surface area contributed by atoms with Crippen LogP contribution in [0.2, 0.25) is 0 Å². The van der Waals surface area contributed by atoms with Gasteiger partial charge in [-0.3, -0.25) is 0 Å². The minimum absolute atomic E-state index is 0.0187. The highest BCUT2D eigenvalue weighted by molar-refractivity contribution is 5.74. The van der Waals surface area contributed by atoms with E-state index in [1.54, 1.807) is 0 Å². The molecule has 1 N–H and O–H groups in total. The average Bonchev–Trinajstić information content (AvgIpc) is 3.09. The van der Waals surface area contributed by atoms with Gasteiger partial charge in [-0.1, -0.05) is 0 Å². The van der Waals surface area contributed by atoms with Gasteiger partial charge >= 0.3 is 6.03 Å². The van der Waals surface area contributed by atoms with Crippen molar-refractivity contribution < 1.29 is 9.53 Å².